The van der Waals surface area contributed by atoms with Crippen molar-refractivity contribution in [2.45, 2.75) is 111 Å². The molecule has 3 amide bonds. The number of rotatable bonds is 15. The molecule has 9 heteroatoms. The minimum absolute atomic E-state index is 0. The van der Waals surface area contributed by atoms with Crippen LogP contribution in [-0.4, -0.2) is 59.5 Å². The largest absolute Gasteiger partial charge is 1.00 e. The maximum atomic E-state index is 13.7. The van der Waals surface area contributed by atoms with Crippen LogP contribution in [0.1, 0.15) is 96.8 Å². The highest BCUT2D eigenvalue weighted by molar-refractivity contribution is 7.75. The highest BCUT2D eigenvalue weighted by Crippen LogP contribution is 2.63. The quantitative estimate of drug-likeness (QED) is 0.263. The number of carbonyl (C=O) groups excluding carboxylic acids is 3. The minimum Gasteiger partial charge on any atom is -1.00 e. The first-order valence-corrected chi connectivity index (χ1v) is 19.1. The van der Waals surface area contributed by atoms with Crippen molar-refractivity contribution < 1.29 is 31.5 Å². The summed E-state index contributed by atoms with van der Waals surface area (Å²) in [5.74, 6) is -0.555. The van der Waals surface area contributed by atoms with Crippen molar-refractivity contribution in [2.24, 2.45) is 0 Å². The Morgan fingerprint density at radius 2 is 1.42 bits per heavy atom. The maximum Gasteiger partial charge on any atom is 0.408 e. The fourth-order valence-corrected chi connectivity index (χ4v) is 11.0. The lowest BCUT2D eigenvalue weighted by atomic mass is 9.93. The normalized spacial score (nSPS) is 14.6. The standard InChI is InChI=1S/C36H54N3O4P.ClH/c1-7-10-21-44(22-11-8-2,23-12-9-3)27-28-17-19-31(20-18-28)38-34(41)32-24-29-15-13-14-16-30(29)26-39(32)33(40)25-37-35(42)43-36(4,5)6;/h13-20,32H,7-12,21-27H2,1-6H3,(H-,37,38,41,42);1H. The molecule has 2 aromatic rings. The maximum absolute atomic E-state index is 13.7. The summed E-state index contributed by atoms with van der Waals surface area (Å²) in [6, 6.07) is 15.6. The van der Waals surface area contributed by atoms with Gasteiger partial charge in [0, 0.05) is 25.9 Å². The summed E-state index contributed by atoms with van der Waals surface area (Å²) in [6.45, 7) is 12.3. The summed E-state index contributed by atoms with van der Waals surface area (Å²) < 4.78 is 5.28. The first kappa shape index (κ1) is 38.6. The number of carbonyl (C=O) groups is 3. The lowest BCUT2D eigenvalue weighted by molar-refractivity contribution is -0.139. The zero-order chi connectivity index (χ0) is 32.2. The van der Waals surface area contributed by atoms with Crippen molar-refractivity contribution in [1.29, 1.82) is 0 Å². The van der Waals surface area contributed by atoms with Crippen molar-refractivity contribution in [1.82, 2.24) is 10.2 Å². The molecule has 0 saturated carbocycles. The number of halogens is 1. The van der Waals surface area contributed by atoms with Gasteiger partial charge in [0.05, 0.1) is 24.6 Å². The summed E-state index contributed by atoms with van der Waals surface area (Å²) >= 11 is 0. The first-order valence-electron chi connectivity index (χ1n) is 16.6. The number of hydrogen-bond acceptors (Lipinski definition) is 4. The monoisotopic (exact) mass is 659 g/mol. The number of nitrogens with one attached hydrogen (secondary N) is 2. The van der Waals surface area contributed by atoms with Crippen LogP contribution in [0.5, 0.6) is 0 Å². The van der Waals surface area contributed by atoms with E-state index in [1.807, 2.05) is 36.4 Å². The molecule has 1 atom stereocenters. The van der Waals surface area contributed by atoms with Crippen LogP contribution in [0.4, 0.5) is 10.5 Å². The van der Waals surface area contributed by atoms with Gasteiger partial charge in [-0.1, -0.05) is 76.4 Å². The van der Waals surface area contributed by atoms with Gasteiger partial charge in [0.1, 0.15) is 18.2 Å². The Hall–Kier alpha value is -2.63. The number of unbranched alkanes of at least 4 members (excludes halogenated alkanes) is 3. The van der Waals surface area contributed by atoms with E-state index >= 15 is 0 Å². The molecular weight excluding hydrogens is 605 g/mol. The van der Waals surface area contributed by atoms with E-state index in [0.29, 0.717) is 13.0 Å². The molecule has 1 heterocycles. The number of nitrogens with zero attached hydrogens (tertiary/aromatic N) is 1. The van der Waals surface area contributed by atoms with E-state index in [4.69, 9.17) is 4.74 Å². The Labute approximate surface area is 278 Å². The first-order chi connectivity index (χ1) is 21.0. The molecule has 0 saturated heterocycles. The van der Waals surface area contributed by atoms with Gasteiger partial charge in [-0.15, -0.1) is 0 Å². The molecule has 2 aromatic carbocycles. The van der Waals surface area contributed by atoms with Crippen molar-refractivity contribution >= 4 is 30.9 Å². The molecule has 0 radical (unpaired) electrons. The van der Waals surface area contributed by atoms with Crippen LogP contribution in [-0.2, 0) is 33.5 Å². The van der Waals surface area contributed by atoms with Crippen molar-refractivity contribution in [3.63, 3.8) is 0 Å². The molecule has 0 bridgehead atoms. The van der Waals surface area contributed by atoms with Gasteiger partial charge >= 0.3 is 6.09 Å². The Kier molecular flexibility index (Phi) is 15.8. The molecular formula is C36H55ClN3O4P. The molecule has 0 fully saturated rings. The molecule has 45 heavy (non-hydrogen) atoms. The van der Waals surface area contributed by atoms with Crippen LogP contribution in [0.3, 0.4) is 0 Å². The van der Waals surface area contributed by atoms with Gasteiger partial charge in [0.25, 0.3) is 0 Å². The highest BCUT2D eigenvalue weighted by atomic mass is 35.5. The Morgan fingerprint density at radius 3 is 1.96 bits per heavy atom. The second-order valence-corrected chi connectivity index (χ2v) is 17.6. The number of fused-ring (bicyclic) bond motifs is 1. The zero-order valence-corrected chi connectivity index (χ0v) is 29.9. The van der Waals surface area contributed by atoms with E-state index in [9.17, 15) is 14.4 Å². The van der Waals surface area contributed by atoms with Gasteiger partial charge in [0.15, 0.2) is 0 Å². The number of ether oxygens (including phenoxy) is 1. The molecule has 1 aliphatic heterocycles. The SMILES string of the molecule is CCCC[P+](CCCC)(CCCC)Cc1ccc(NC(=O)C2Cc3ccccc3CN2C(=O)CNC(=O)OC(C)(C)C)cc1.[Cl-]. The summed E-state index contributed by atoms with van der Waals surface area (Å²) in [7, 11) is -1.08. The molecule has 7 nitrogen and oxygen atoms in total. The van der Waals surface area contributed by atoms with Gasteiger partial charge in [0.2, 0.25) is 11.8 Å². The number of hydrogen-bond donors (Lipinski definition) is 2. The molecule has 250 valence electrons. The second kappa shape index (κ2) is 18.5. The summed E-state index contributed by atoms with van der Waals surface area (Å²) in [5.41, 5.74) is 3.48. The van der Waals surface area contributed by atoms with E-state index in [1.54, 1.807) is 25.7 Å². The van der Waals surface area contributed by atoms with E-state index < -0.39 is 25.0 Å². The third-order valence-corrected chi connectivity index (χ3v) is 13.2. The van der Waals surface area contributed by atoms with E-state index in [2.05, 4.69) is 43.5 Å². The number of anilines is 1. The van der Waals surface area contributed by atoms with Gasteiger partial charge in [-0.2, -0.15) is 0 Å². The third kappa shape index (κ3) is 12.2. The number of alkyl carbamates (subject to hydrolysis) is 1. The molecule has 3 rings (SSSR count). The lowest BCUT2D eigenvalue weighted by Gasteiger charge is -2.36. The van der Waals surface area contributed by atoms with E-state index in [-0.39, 0.29) is 30.8 Å². The van der Waals surface area contributed by atoms with Crippen LogP contribution in [0.25, 0.3) is 0 Å². The van der Waals surface area contributed by atoms with Crippen LogP contribution < -0.4 is 23.0 Å². The number of benzene rings is 2. The topological polar surface area (TPSA) is 87.7 Å². The van der Waals surface area contributed by atoms with Gasteiger partial charge in [-0.25, -0.2) is 4.79 Å². The van der Waals surface area contributed by atoms with Crippen molar-refractivity contribution in [2.75, 3.05) is 30.3 Å². The third-order valence-electron chi connectivity index (χ3n) is 8.35. The summed E-state index contributed by atoms with van der Waals surface area (Å²) in [5, 5.41) is 5.63. The average Bonchev–Trinajstić information content (AvgIpc) is 3.00. The molecule has 0 spiro atoms. The van der Waals surface area contributed by atoms with Gasteiger partial charge in [-0.05, 0) is 68.9 Å². The predicted octanol–water partition coefficient (Wildman–Crippen LogP) is 5.03. The average molecular weight is 660 g/mol. The van der Waals surface area contributed by atoms with Crippen LogP contribution in [0.15, 0.2) is 48.5 Å². The summed E-state index contributed by atoms with van der Waals surface area (Å²) in [6.07, 6.45) is 12.7. The van der Waals surface area contributed by atoms with Crippen molar-refractivity contribution in [3.8, 4) is 0 Å². The Balaban J connectivity index is 0.00000705. The molecule has 1 unspecified atom stereocenters. The highest BCUT2D eigenvalue weighted by Gasteiger charge is 2.36. The van der Waals surface area contributed by atoms with Crippen LogP contribution >= 0.6 is 7.26 Å². The Morgan fingerprint density at radius 1 is 0.867 bits per heavy atom. The minimum atomic E-state index is -1.08. The van der Waals surface area contributed by atoms with Crippen LogP contribution in [0.2, 0.25) is 0 Å². The predicted molar refractivity (Wildman–Crippen MR) is 184 cm³/mol. The van der Waals surface area contributed by atoms with Crippen molar-refractivity contribution in [3.05, 3.63) is 65.2 Å². The van der Waals surface area contributed by atoms with Crippen LogP contribution in [0, 0.1) is 0 Å². The van der Waals surface area contributed by atoms with Gasteiger partial charge < -0.3 is 32.7 Å². The zero-order valence-electron chi connectivity index (χ0n) is 28.3. The second-order valence-electron chi connectivity index (χ2n) is 13.3. The summed E-state index contributed by atoms with van der Waals surface area (Å²) in [4.78, 5) is 40.8. The lowest BCUT2D eigenvalue weighted by Crippen LogP contribution is -3.00. The fraction of sp³-hybridized carbons (Fsp3) is 0.583. The number of amides is 3. The molecule has 1 aliphatic rings. The molecule has 0 aromatic heterocycles. The van der Waals surface area contributed by atoms with Gasteiger partial charge in [-0.3, -0.25) is 9.59 Å². The molecule has 2 N–H and O–H groups in total. The Bertz CT molecular complexity index is 1210. The van der Waals surface area contributed by atoms with E-state index in [1.165, 1.54) is 68.7 Å². The van der Waals surface area contributed by atoms with E-state index in [0.717, 1.165) is 16.8 Å². The fourth-order valence-electron chi connectivity index (χ4n) is 5.94. The molecule has 0 aliphatic carbocycles. The smallest absolute Gasteiger partial charge is 0.408 e.